The lowest BCUT2D eigenvalue weighted by Gasteiger charge is -2.00. The second-order valence-electron chi connectivity index (χ2n) is 4.14. The topological polar surface area (TPSA) is 71.2 Å². The van der Waals surface area contributed by atoms with E-state index in [1.807, 2.05) is 0 Å². The highest BCUT2D eigenvalue weighted by molar-refractivity contribution is 7.18. The summed E-state index contributed by atoms with van der Waals surface area (Å²) in [4.78, 5) is 26.9. The van der Waals surface area contributed by atoms with Crippen molar-refractivity contribution < 1.29 is 14.3 Å². The van der Waals surface area contributed by atoms with E-state index in [0.717, 1.165) is 16.9 Å². The Morgan fingerprint density at radius 2 is 2.10 bits per heavy atom. The maximum absolute atomic E-state index is 12.0. The Balaban J connectivity index is 2.15. The van der Waals surface area contributed by atoms with Crippen molar-refractivity contribution in [3.8, 4) is 0 Å². The van der Waals surface area contributed by atoms with Gasteiger partial charge in [0, 0.05) is 0 Å². The molecule has 0 atom stereocenters. The van der Waals surface area contributed by atoms with Crippen molar-refractivity contribution in [1.82, 2.24) is 4.98 Å². The second-order valence-corrected chi connectivity index (χ2v) is 5.98. The number of halogens is 2. The van der Waals surface area contributed by atoms with Gasteiger partial charge in [-0.2, -0.15) is 0 Å². The third kappa shape index (κ3) is 3.58. The Kier molecular flexibility index (Phi) is 4.92. The predicted molar refractivity (Wildman–Crippen MR) is 83.8 cm³/mol. The molecule has 0 bridgehead atoms. The second kappa shape index (κ2) is 6.51. The maximum atomic E-state index is 12.0. The Morgan fingerprint density at radius 1 is 1.38 bits per heavy atom. The van der Waals surface area contributed by atoms with Crippen LogP contribution in [0.2, 0.25) is 10.2 Å². The first-order valence-electron chi connectivity index (χ1n) is 6.05. The molecule has 2 aromatic rings. The van der Waals surface area contributed by atoms with Gasteiger partial charge in [0.05, 0.1) is 16.6 Å². The van der Waals surface area contributed by atoms with Gasteiger partial charge >= 0.3 is 5.97 Å². The van der Waals surface area contributed by atoms with Gasteiger partial charge in [-0.15, -0.1) is 11.3 Å². The monoisotopic (exact) mass is 346 g/mol. The fourth-order valence-electron chi connectivity index (χ4n) is 1.65. The molecular weight excluding hydrogens is 335 g/mol. The molecule has 2 N–H and O–H groups in total. The zero-order valence-corrected chi connectivity index (χ0v) is 13.6. The minimum atomic E-state index is -0.397. The molecule has 0 aliphatic carbocycles. The van der Waals surface area contributed by atoms with Crippen LogP contribution in [0.1, 0.15) is 32.6 Å². The molecule has 0 saturated heterocycles. The first-order valence-corrected chi connectivity index (χ1v) is 7.62. The minimum Gasteiger partial charge on any atom is -0.462 e. The number of nitrogens with one attached hydrogen (secondary N) is 2. The lowest BCUT2D eigenvalue weighted by Crippen LogP contribution is -2.11. The molecule has 2 rings (SSSR count). The van der Waals surface area contributed by atoms with Gasteiger partial charge in [0.25, 0.3) is 5.91 Å². The number of aryl methyl sites for hydroxylation is 1. The number of hydrogen-bond acceptors (Lipinski definition) is 4. The van der Waals surface area contributed by atoms with E-state index in [4.69, 9.17) is 27.9 Å². The van der Waals surface area contributed by atoms with E-state index in [2.05, 4.69) is 10.3 Å². The van der Waals surface area contributed by atoms with Crippen molar-refractivity contribution in [3.05, 3.63) is 38.4 Å². The molecule has 21 heavy (non-hydrogen) atoms. The maximum Gasteiger partial charge on any atom is 0.348 e. The number of thiophene rings is 1. The highest BCUT2D eigenvalue weighted by atomic mass is 35.5. The van der Waals surface area contributed by atoms with Crippen LogP contribution in [-0.2, 0) is 4.74 Å². The van der Waals surface area contributed by atoms with Gasteiger partial charge in [0.2, 0.25) is 0 Å². The summed E-state index contributed by atoms with van der Waals surface area (Å²) < 4.78 is 4.95. The Labute approximate surface area is 135 Å². The van der Waals surface area contributed by atoms with Crippen molar-refractivity contribution in [1.29, 1.82) is 0 Å². The van der Waals surface area contributed by atoms with Crippen LogP contribution in [0.25, 0.3) is 0 Å². The lowest BCUT2D eigenvalue weighted by molar-refractivity contribution is 0.0531. The summed E-state index contributed by atoms with van der Waals surface area (Å²) in [6, 6.07) is 3.15. The van der Waals surface area contributed by atoms with Crippen LogP contribution in [0, 0.1) is 6.92 Å². The van der Waals surface area contributed by atoms with Crippen molar-refractivity contribution in [3.63, 3.8) is 0 Å². The number of rotatable bonds is 4. The summed E-state index contributed by atoms with van der Waals surface area (Å²) in [6.07, 6.45) is 0. The predicted octanol–water partition coefficient (Wildman–Crippen LogP) is 4.12. The summed E-state index contributed by atoms with van der Waals surface area (Å²) in [5.74, 6) is -0.785. The molecular formula is C13H12Cl2N2O3S. The molecule has 2 aromatic heterocycles. The van der Waals surface area contributed by atoms with E-state index in [0.29, 0.717) is 16.5 Å². The highest BCUT2D eigenvalue weighted by Gasteiger charge is 2.17. The van der Waals surface area contributed by atoms with Gasteiger partial charge in [-0.25, -0.2) is 4.79 Å². The van der Waals surface area contributed by atoms with E-state index in [-0.39, 0.29) is 21.8 Å². The molecule has 112 valence electrons. The van der Waals surface area contributed by atoms with Gasteiger partial charge in [0.1, 0.15) is 15.7 Å². The van der Waals surface area contributed by atoms with E-state index in [1.54, 1.807) is 19.9 Å². The fourth-order valence-corrected chi connectivity index (χ4v) is 2.92. The van der Waals surface area contributed by atoms with Crippen molar-refractivity contribution in [2.45, 2.75) is 13.8 Å². The molecule has 1 amide bonds. The molecule has 0 fully saturated rings. The Hall–Kier alpha value is -1.50. The number of H-pyrrole nitrogens is 1. The summed E-state index contributed by atoms with van der Waals surface area (Å²) >= 11 is 12.7. The fraction of sp³-hybridized carbons (Fsp3) is 0.231. The lowest BCUT2D eigenvalue weighted by atomic mass is 10.3. The highest BCUT2D eigenvalue weighted by Crippen LogP contribution is 2.28. The van der Waals surface area contributed by atoms with Crippen molar-refractivity contribution >= 4 is 51.4 Å². The van der Waals surface area contributed by atoms with Crippen LogP contribution >= 0.6 is 34.5 Å². The normalized spacial score (nSPS) is 10.5. The summed E-state index contributed by atoms with van der Waals surface area (Å²) in [5, 5.41) is 3.70. The Bertz CT molecular complexity index is 674. The minimum absolute atomic E-state index is 0.205. The number of ether oxygens (including phenoxy) is 1. The Morgan fingerprint density at radius 3 is 2.67 bits per heavy atom. The first-order chi connectivity index (χ1) is 9.92. The van der Waals surface area contributed by atoms with E-state index in [9.17, 15) is 9.59 Å². The molecule has 0 aromatic carbocycles. The number of hydrogen-bond donors (Lipinski definition) is 2. The number of aromatic amines is 1. The zero-order valence-electron chi connectivity index (χ0n) is 11.3. The van der Waals surface area contributed by atoms with E-state index in [1.165, 1.54) is 6.07 Å². The molecule has 0 spiro atoms. The van der Waals surface area contributed by atoms with Crippen molar-refractivity contribution in [2.75, 3.05) is 11.9 Å². The van der Waals surface area contributed by atoms with Crippen LogP contribution in [-0.4, -0.2) is 23.5 Å². The number of carbonyl (C=O) groups is 2. The van der Waals surface area contributed by atoms with Gasteiger partial charge < -0.3 is 15.0 Å². The quantitative estimate of drug-likeness (QED) is 0.818. The molecule has 0 unspecified atom stereocenters. The number of carbonyl (C=O) groups excluding carboxylic acids is 2. The summed E-state index contributed by atoms with van der Waals surface area (Å²) in [6.45, 7) is 3.82. The number of aromatic nitrogens is 1. The molecule has 0 saturated carbocycles. The van der Waals surface area contributed by atoms with E-state index >= 15 is 0 Å². The van der Waals surface area contributed by atoms with Gasteiger partial charge in [0.15, 0.2) is 0 Å². The number of anilines is 1. The molecule has 2 heterocycles. The number of amides is 1. The zero-order chi connectivity index (χ0) is 15.6. The standard InChI is InChI=1S/C13H12Cl2N2O3S/c1-3-20-13(19)10-6(2)4-9(21-10)17-12(18)8-5-7(14)11(15)16-8/h4-5,16H,3H2,1-2H3,(H,17,18). The van der Waals surface area contributed by atoms with Crippen LogP contribution < -0.4 is 5.32 Å². The van der Waals surface area contributed by atoms with Crippen LogP contribution in [0.4, 0.5) is 5.00 Å². The molecule has 5 nitrogen and oxygen atoms in total. The van der Waals surface area contributed by atoms with Gasteiger partial charge in [-0.05, 0) is 31.5 Å². The SMILES string of the molecule is CCOC(=O)c1sc(NC(=O)c2cc(Cl)c(Cl)[nH]2)cc1C. The molecule has 0 aliphatic heterocycles. The third-order valence-corrected chi connectivity index (χ3v) is 4.41. The average Bonchev–Trinajstić information content (AvgIpc) is 2.94. The average molecular weight is 347 g/mol. The van der Waals surface area contributed by atoms with Gasteiger partial charge in [-0.1, -0.05) is 23.2 Å². The smallest absolute Gasteiger partial charge is 0.348 e. The van der Waals surface area contributed by atoms with Crippen LogP contribution in [0.15, 0.2) is 12.1 Å². The first kappa shape index (κ1) is 15.9. The number of esters is 1. The molecule has 8 heteroatoms. The summed E-state index contributed by atoms with van der Waals surface area (Å²) in [5.41, 5.74) is 0.991. The van der Waals surface area contributed by atoms with Crippen LogP contribution in [0.5, 0.6) is 0 Å². The molecule has 0 aliphatic rings. The largest absolute Gasteiger partial charge is 0.462 e. The van der Waals surface area contributed by atoms with Gasteiger partial charge in [-0.3, -0.25) is 4.79 Å². The molecule has 0 radical (unpaired) electrons. The van der Waals surface area contributed by atoms with Crippen LogP contribution in [0.3, 0.4) is 0 Å². The third-order valence-electron chi connectivity index (χ3n) is 2.59. The summed E-state index contributed by atoms with van der Waals surface area (Å²) in [7, 11) is 0. The van der Waals surface area contributed by atoms with E-state index < -0.39 is 5.97 Å². The van der Waals surface area contributed by atoms with Crippen molar-refractivity contribution in [2.24, 2.45) is 0 Å².